The van der Waals surface area contributed by atoms with Crippen molar-refractivity contribution in [3.05, 3.63) is 78.4 Å². The van der Waals surface area contributed by atoms with Gasteiger partial charge in [0.15, 0.2) is 0 Å². The molecule has 4 rings (SSSR count). The van der Waals surface area contributed by atoms with Crippen molar-refractivity contribution < 1.29 is 9.53 Å². The Bertz CT molecular complexity index is 920. The average molecular weight is 361 g/mol. The fraction of sp³-hybridized carbons (Fsp3) is 0.273. The van der Waals surface area contributed by atoms with Gasteiger partial charge in [-0.1, -0.05) is 24.3 Å². The molecule has 0 bridgehead atoms. The van der Waals surface area contributed by atoms with Crippen molar-refractivity contribution in [1.29, 1.82) is 0 Å². The quantitative estimate of drug-likeness (QED) is 0.699. The van der Waals surface area contributed by atoms with Crippen molar-refractivity contribution in [2.45, 2.75) is 18.8 Å². The number of ether oxygens (including phenoxy) is 1. The van der Waals surface area contributed by atoms with Crippen molar-refractivity contribution in [3.8, 4) is 11.5 Å². The number of carbonyl (C=O) groups excluding carboxylic acids is 1. The summed E-state index contributed by atoms with van der Waals surface area (Å²) in [6, 6.07) is 17.0. The summed E-state index contributed by atoms with van der Waals surface area (Å²) in [6.07, 6.45) is 5.83. The summed E-state index contributed by atoms with van der Waals surface area (Å²) < 4.78 is 7.92. The third kappa shape index (κ3) is 3.87. The largest absolute Gasteiger partial charge is 0.457 e. The van der Waals surface area contributed by atoms with Crippen LogP contribution >= 0.6 is 0 Å². The number of para-hydroxylation sites is 1. The van der Waals surface area contributed by atoms with E-state index in [2.05, 4.69) is 4.98 Å². The smallest absolute Gasteiger partial charge is 0.254 e. The van der Waals surface area contributed by atoms with Gasteiger partial charge in [-0.25, -0.2) is 4.98 Å². The maximum Gasteiger partial charge on any atom is 0.254 e. The molecule has 0 aliphatic carbocycles. The molecule has 0 N–H and O–H groups in total. The van der Waals surface area contributed by atoms with E-state index in [-0.39, 0.29) is 11.8 Å². The van der Waals surface area contributed by atoms with E-state index in [4.69, 9.17) is 4.74 Å². The number of rotatable bonds is 4. The molecule has 1 amide bonds. The van der Waals surface area contributed by atoms with Crippen molar-refractivity contribution in [1.82, 2.24) is 14.5 Å². The van der Waals surface area contributed by atoms with Crippen LogP contribution in [0.3, 0.4) is 0 Å². The summed E-state index contributed by atoms with van der Waals surface area (Å²) in [7, 11) is 2.01. The van der Waals surface area contributed by atoms with E-state index in [9.17, 15) is 4.79 Å². The molecule has 5 nitrogen and oxygen atoms in total. The van der Waals surface area contributed by atoms with Gasteiger partial charge in [-0.15, -0.1) is 0 Å². The number of benzene rings is 2. The monoisotopic (exact) mass is 361 g/mol. The summed E-state index contributed by atoms with van der Waals surface area (Å²) in [5.41, 5.74) is 0.656. The number of hydrogen-bond donors (Lipinski definition) is 0. The molecule has 1 aromatic heterocycles. The van der Waals surface area contributed by atoms with Gasteiger partial charge in [0.1, 0.15) is 17.3 Å². The Labute approximate surface area is 159 Å². The number of likely N-dealkylation sites (tertiary alicyclic amines) is 1. The van der Waals surface area contributed by atoms with Crippen molar-refractivity contribution in [3.63, 3.8) is 0 Å². The molecule has 138 valence electrons. The van der Waals surface area contributed by atoms with E-state index in [1.54, 1.807) is 0 Å². The van der Waals surface area contributed by atoms with Gasteiger partial charge in [0.25, 0.3) is 5.91 Å². The number of carbonyl (C=O) groups is 1. The standard InChI is InChI=1S/C22H23N3O2/c1-24-14-12-23-21(24)18-8-6-13-25(16-18)22(26)17-7-5-11-20(15-17)27-19-9-3-2-4-10-19/h2-5,7,9-12,14-15,18H,6,8,13,16H2,1H3/t18-/m0/s1. The number of piperidine rings is 1. The zero-order chi connectivity index (χ0) is 18.6. The zero-order valence-electron chi connectivity index (χ0n) is 15.4. The van der Waals surface area contributed by atoms with Crippen molar-refractivity contribution in [2.24, 2.45) is 7.05 Å². The van der Waals surface area contributed by atoms with Gasteiger partial charge in [0, 0.05) is 44.0 Å². The third-order valence-electron chi connectivity index (χ3n) is 4.99. The maximum absolute atomic E-state index is 13.0. The molecule has 27 heavy (non-hydrogen) atoms. The van der Waals surface area contributed by atoms with Gasteiger partial charge >= 0.3 is 0 Å². The second kappa shape index (κ2) is 7.66. The number of imidazole rings is 1. The molecule has 1 aliphatic rings. The summed E-state index contributed by atoms with van der Waals surface area (Å²) in [4.78, 5) is 19.5. The third-order valence-corrected chi connectivity index (χ3v) is 4.99. The Kier molecular flexibility index (Phi) is 4.92. The molecule has 0 radical (unpaired) electrons. The average Bonchev–Trinajstić information content (AvgIpc) is 3.14. The first-order chi connectivity index (χ1) is 13.2. The first-order valence-corrected chi connectivity index (χ1v) is 9.30. The molecular weight excluding hydrogens is 338 g/mol. The lowest BCUT2D eigenvalue weighted by atomic mass is 9.96. The molecule has 0 spiro atoms. The van der Waals surface area contributed by atoms with Crippen LogP contribution in [-0.2, 0) is 7.05 Å². The Balaban J connectivity index is 1.49. The van der Waals surface area contributed by atoms with Crippen LogP contribution in [0.1, 0.15) is 34.9 Å². The number of aromatic nitrogens is 2. The molecule has 2 aromatic carbocycles. The van der Waals surface area contributed by atoms with Crippen LogP contribution in [0.2, 0.25) is 0 Å². The van der Waals surface area contributed by atoms with Gasteiger partial charge < -0.3 is 14.2 Å². The molecule has 1 saturated heterocycles. The van der Waals surface area contributed by atoms with Crippen LogP contribution in [0.15, 0.2) is 67.0 Å². The lowest BCUT2D eigenvalue weighted by molar-refractivity contribution is 0.0703. The van der Waals surface area contributed by atoms with Crippen LogP contribution in [0, 0.1) is 0 Å². The first kappa shape index (κ1) is 17.3. The molecule has 5 heteroatoms. The van der Waals surface area contributed by atoms with E-state index in [0.29, 0.717) is 17.9 Å². The predicted octanol–water partition coefficient (Wildman–Crippen LogP) is 4.23. The van der Waals surface area contributed by atoms with E-state index >= 15 is 0 Å². The number of amides is 1. The molecule has 1 atom stereocenters. The highest BCUT2D eigenvalue weighted by atomic mass is 16.5. The lowest BCUT2D eigenvalue weighted by Crippen LogP contribution is -2.39. The topological polar surface area (TPSA) is 47.4 Å². The minimum Gasteiger partial charge on any atom is -0.457 e. The fourth-order valence-electron chi connectivity index (χ4n) is 3.64. The summed E-state index contributed by atoms with van der Waals surface area (Å²) in [5, 5.41) is 0. The van der Waals surface area contributed by atoms with Crippen LogP contribution in [0.4, 0.5) is 0 Å². The first-order valence-electron chi connectivity index (χ1n) is 9.30. The van der Waals surface area contributed by atoms with Crippen LogP contribution in [0.5, 0.6) is 11.5 Å². The zero-order valence-corrected chi connectivity index (χ0v) is 15.4. The fourth-order valence-corrected chi connectivity index (χ4v) is 3.64. The lowest BCUT2D eigenvalue weighted by Gasteiger charge is -2.32. The minimum atomic E-state index is 0.0485. The second-order valence-electron chi connectivity index (χ2n) is 6.93. The predicted molar refractivity (Wildman–Crippen MR) is 104 cm³/mol. The molecule has 0 saturated carbocycles. The van der Waals surface area contributed by atoms with E-state index < -0.39 is 0 Å². The molecule has 2 heterocycles. The Morgan fingerprint density at radius 2 is 1.93 bits per heavy atom. The summed E-state index contributed by atoms with van der Waals surface area (Å²) in [5.74, 6) is 2.81. The minimum absolute atomic E-state index is 0.0485. The van der Waals surface area contributed by atoms with E-state index in [1.165, 1.54) is 0 Å². The van der Waals surface area contributed by atoms with E-state index in [1.807, 2.05) is 83.5 Å². The van der Waals surface area contributed by atoms with Crippen LogP contribution in [-0.4, -0.2) is 33.4 Å². The van der Waals surface area contributed by atoms with Gasteiger partial charge in [0.05, 0.1) is 0 Å². The van der Waals surface area contributed by atoms with Gasteiger partial charge in [-0.2, -0.15) is 0 Å². The van der Waals surface area contributed by atoms with Crippen LogP contribution in [0.25, 0.3) is 0 Å². The SMILES string of the molecule is Cn1ccnc1[C@H]1CCCN(C(=O)c2cccc(Oc3ccccc3)c2)C1. The molecule has 1 fully saturated rings. The second-order valence-corrected chi connectivity index (χ2v) is 6.93. The maximum atomic E-state index is 13.0. The number of nitrogens with zero attached hydrogens (tertiary/aromatic N) is 3. The molecule has 3 aromatic rings. The van der Waals surface area contributed by atoms with Crippen LogP contribution < -0.4 is 4.74 Å². The van der Waals surface area contributed by atoms with Crippen molar-refractivity contribution >= 4 is 5.91 Å². The number of aryl methyl sites for hydroxylation is 1. The highest BCUT2D eigenvalue weighted by Crippen LogP contribution is 2.27. The molecular formula is C22H23N3O2. The Morgan fingerprint density at radius 1 is 1.11 bits per heavy atom. The highest BCUT2D eigenvalue weighted by molar-refractivity contribution is 5.94. The molecule has 0 unspecified atom stereocenters. The Morgan fingerprint density at radius 3 is 2.70 bits per heavy atom. The molecule has 1 aliphatic heterocycles. The highest BCUT2D eigenvalue weighted by Gasteiger charge is 2.27. The van der Waals surface area contributed by atoms with E-state index in [0.717, 1.165) is 31.0 Å². The summed E-state index contributed by atoms with van der Waals surface area (Å²) >= 11 is 0. The van der Waals surface area contributed by atoms with Gasteiger partial charge in [-0.3, -0.25) is 4.79 Å². The normalized spacial score (nSPS) is 16.9. The Hall–Kier alpha value is -3.08. The number of hydrogen-bond acceptors (Lipinski definition) is 3. The van der Waals surface area contributed by atoms with Gasteiger partial charge in [-0.05, 0) is 43.2 Å². The van der Waals surface area contributed by atoms with Gasteiger partial charge in [0.2, 0.25) is 0 Å². The summed E-state index contributed by atoms with van der Waals surface area (Å²) in [6.45, 7) is 1.48. The van der Waals surface area contributed by atoms with Crippen molar-refractivity contribution in [2.75, 3.05) is 13.1 Å².